The number of amides is 3. The van der Waals surface area contributed by atoms with E-state index in [0.29, 0.717) is 23.2 Å². The van der Waals surface area contributed by atoms with Gasteiger partial charge in [0.1, 0.15) is 18.5 Å². The highest BCUT2D eigenvalue weighted by molar-refractivity contribution is 6.06. The van der Waals surface area contributed by atoms with E-state index >= 15 is 0 Å². The van der Waals surface area contributed by atoms with Crippen LogP contribution in [0.5, 0.6) is 5.75 Å². The van der Waals surface area contributed by atoms with Crippen LogP contribution in [-0.2, 0) is 16.1 Å². The Hall–Kier alpha value is -3.85. The Morgan fingerprint density at radius 3 is 2.62 bits per heavy atom. The van der Waals surface area contributed by atoms with Crippen molar-refractivity contribution in [3.63, 3.8) is 0 Å². The van der Waals surface area contributed by atoms with Crippen LogP contribution < -0.4 is 10.1 Å². The summed E-state index contributed by atoms with van der Waals surface area (Å²) in [5, 5.41) is 13.4. The highest BCUT2D eigenvalue weighted by Gasteiger charge is 2.30. The number of ether oxygens (including phenoxy) is 2. The first-order valence-electron chi connectivity index (χ1n) is 11.1. The van der Waals surface area contributed by atoms with E-state index in [1.807, 2.05) is 43.3 Å². The van der Waals surface area contributed by atoms with Gasteiger partial charge in [-0.1, -0.05) is 30.3 Å². The molecule has 1 aromatic heterocycles. The highest BCUT2D eigenvalue weighted by Crippen LogP contribution is 2.31. The number of nitrogens with zero attached hydrogens (tertiary/aromatic N) is 2. The second-order valence-corrected chi connectivity index (χ2v) is 8.06. The molecule has 2 N–H and O–H groups in total. The number of aliphatic hydroxyl groups is 1. The SMILES string of the molecule is CCOC(=O)c1c(C)n(Cc2ccccc2)c2ccc(OC[C@H](O)CN3C(=O)CNC3=O)cc12. The molecule has 0 unspecified atom stereocenters. The van der Waals surface area contributed by atoms with Crippen LogP contribution in [0.1, 0.15) is 28.5 Å². The van der Waals surface area contributed by atoms with Crippen molar-refractivity contribution in [1.29, 1.82) is 0 Å². The number of carbonyl (C=O) groups excluding carboxylic acids is 3. The molecule has 9 heteroatoms. The second kappa shape index (κ2) is 9.96. The molecular weight excluding hydrogens is 438 g/mol. The Bertz CT molecular complexity index is 1200. The summed E-state index contributed by atoms with van der Waals surface area (Å²) in [7, 11) is 0. The van der Waals surface area contributed by atoms with Crippen molar-refractivity contribution in [3.05, 3.63) is 65.4 Å². The van der Waals surface area contributed by atoms with Gasteiger partial charge in [0.15, 0.2) is 0 Å². The lowest BCUT2D eigenvalue weighted by Crippen LogP contribution is -2.39. The molecule has 0 bridgehead atoms. The molecule has 0 radical (unpaired) electrons. The normalized spacial score (nSPS) is 14.4. The second-order valence-electron chi connectivity index (χ2n) is 8.06. The molecule has 9 nitrogen and oxygen atoms in total. The average molecular weight is 466 g/mol. The molecule has 1 atom stereocenters. The van der Waals surface area contributed by atoms with E-state index < -0.39 is 18.1 Å². The number of imide groups is 1. The lowest BCUT2D eigenvalue weighted by atomic mass is 10.1. The fourth-order valence-electron chi connectivity index (χ4n) is 4.08. The molecule has 4 rings (SSSR count). The molecule has 178 valence electrons. The molecule has 0 spiro atoms. The third kappa shape index (κ3) is 4.74. The molecule has 34 heavy (non-hydrogen) atoms. The molecule has 1 aliphatic heterocycles. The molecular formula is C25H27N3O6. The third-order valence-electron chi connectivity index (χ3n) is 5.73. The molecule has 3 amide bonds. The van der Waals surface area contributed by atoms with Crippen LogP contribution in [-0.4, -0.2) is 64.9 Å². The summed E-state index contributed by atoms with van der Waals surface area (Å²) in [6, 6.07) is 14.8. The molecule has 2 heterocycles. The van der Waals surface area contributed by atoms with Gasteiger partial charge in [-0.15, -0.1) is 0 Å². The topological polar surface area (TPSA) is 110 Å². The standard InChI is InChI=1S/C25H27N3O6/c1-3-33-24(31)23-16(2)27(13-17-7-5-4-6-8-17)21-10-9-19(11-20(21)23)34-15-18(29)14-28-22(30)12-26-25(28)32/h4-11,18,29H,3,12-15H2,1-2H3,(H,26,32)/t18-/m1/s1. The first kappa shape index (κ1) is 23.3. The van der Waals surface area contributed by atoms with Crippen LogP contribution in [0.15, 0.2) is 48.5 Å². The summed E-state index contributed by atoms with van der Waals surface area (Å²) in [6.07, 6.45) is -1.06. The van der Waals surface area contributed by atoms with Gasteiger partial charge in [0.25, 0.3) is 0 Å². The molecule has 2 aromatic carbocycles. The van der Waals surface area contributed by atoms with E-state index in [4.69, 9.17) is 9.47 Å². The van der Waals surface area contributed by atoms with E-state index in [-0.39, 0.29) is 32.2 Å². The molecule has 1 aliphatic rings. The van der Waals surface area contributed by atoms with Crippen molar-refractivity contribution in [2.24, 2.45) is 0 Å². The number of benzene rings is 2. The van der Waals surface area contributed by atoms with Gasteiger partial charge in [-0.2, -0.15) is 0 Å². The van der Waals surface area contributed by atoms with Crippen LogP contribution >= 0.6 is 0 Å². The van der Waals surface area contributed by atoms with E-state index in [9.17, 15) is 19.5 Å². The minimum Gasteiger partial charge on any atom is -0.491 e. The Morgan fingerprint density at radius 1 is 1.18 bits per heavy atom. The maximum absolute atomic E-state index is 12.8. The van der Waals surface area contributed by atoms with E-state index in [0.717, 1.165) is 21.7 Å². The average Bonchev–Trinajstić information content (AvgIpc) is 3.28. The minimum atomic E-state index is -1.06. The smallest absolute Gasteiger partial charge is 0.340 e. The molecule has 0 saturated carbocycles. The first-order valence-corrected chi connectivity index (χ1v) is 11.1. The summed E-state index contributed by atoms with van der Waals surface area (Å²) >= 11 is 0. The molecule has 1 fully saturated rings. The lowest BCUT2D eigenvalue weighted by Gasteiger charge is -2.18. The van der Waals surface area contributed by atoms with Gasteiger partial charge < -0.3 is 24.5 Å². The number of aliphatic hydroxyl groups excluding tert-OH is 1. The highest BCUT2D eigenvalue weighted by atomic mass is 16.5. The third-order valence-corrected chi connectivity index (χ3v) is 5.73. The van der Waals surface area contributed by atoms with Crippen molar-refractivity contribution >= 4 is 28.8 Å². The van der Waals surface area contributed by atoms with Gasteiger partial charge in [0.2, 0.25) is 5.91 Å². The summed E-state index contributed by atoms with van der Waals surface area (Å²) in [4.78, 5) is 37.1. The van der Waals surface area contributed by atoms with Crippen molar-refractivity contribution in [1.82, 2.24) is 14.8 Å². The minimum absolute atomic E-state index is 0.0704. The van der Waals surface area contributed by atoms with Crippen molar-refractivity contribution in [2.45, 2.75) is 26.5 Å². The summed E-state index contributed by atoms with van der Waals surface area (Å²) in [6.45, 7) is 4.14. The van der Waals surface area contributed by atoms with Crippen LogP contribution in [0.4, 0.5) is 4.79 Å². The molecule has 3 aromatic rings. The maximum Gasteiger partial charge on any atom is 0.340 e. The lowest BCUT2D eigenvalue weighted by molar-refractivity contribution is -0.126. The van der Waals surface area contributed by atoms with E-state index in [2.05, 4.69) is 9.88 Å². The van der Waals surface area contributed by atoms with Crippen molar-refractivity contribution < 1.29 is 29.0 Å². The van der Waals surface area contributed by atoms with Gasteiger partial charge >= 0.3 is 12.0 Å². The zero-order valence-corrected chi connectivity index (χ0v) is 19.1. The Balaban J connectivity index is 1.58. The number of fused-ring (bicyclic) bond motifs is 1. The Morgan fingerprint density at radius 2 is 1.94 bits per heavy atom. The zero-order valence-electron chi connectivity index (χ0n) is 19.1. The van der Waals surface area contributed by atoms with Crippen LogP contribution in [0.25, 0.3) is 10.9 Å². The van der Waals surface area contributed by atoms with E-state index in [1.54, 1.807) is 19.1 Å². The van der Waals surface area contributed by atoms with Gasteiger partial charge in [-0.05, 0) is 37.6 Å². The number of β-amino-alcohol motifs (C(OH)–C–C–N with tert-alkyl or cyclic N) is 1. The number of hydrogen-bond acceptors (Lipinski definition) is 6. The first-order chi connectivity index (χ1) is 16.4. The molecule has 0 aliphatic carbocycles. The summed E-state index contributed by atoms with van der Waals surface area (Å²) < 4.78 is 13.1. The number of hydrogen-bond donors (Lipinski definition) is 2. The summed E-state index contributed by atoms with van der Waals surface area (Å²) in [5.74, 6) is -0.349. The zero-order chi connectivity index (χ0) is 24.2. The fraction of sp³-hybridized carbons (Fsp3) is 0.320. The van der Waals surface area contributed by atoms with Crippen LogP contribution in [0.3, 0.4) is 0 Å². The van der Waals surface area contributed by atoms with Crippen LogP contribution in [0, 0.1) is 6.92 Å². The van der Waals surface area contributed by atoms with E-state index in [1.165, 1.54) is 0 Å². The Labute approximate surface area is 196 Å². The predicted molar refractivity (Wildman–Crippen MR) is 125 cm³/mol. The van der Waals surface area contributed by atoms with Crippen molar-refractivity contribution in [2.75, 3.05) is 26.3 Å². The van der Waals surface area contributed by atoms with Crippen LogP contribution in [0.2, 0.25) is 0 Å². The monoisotopic (exact) mass is 465 g/mol. The van der Waals surface area contributed by atoms with Crippen molar-refractivity contribution in [3.8, 4) is 5.75 Å². The van der Waals surface area contributed by atoms with Gasteiger partial charge in [0.05, 0.1) is 25.3 Å². The molecule has 1 saturated heterocycles. The number of carbonyl (C=O) groups is 3. The summed E-state index contributed by atoms with van der Waals surface area (Å²) in [5.41, 5.74) is 3.21. The van der Waals surface area contributed by atoms with Gasteiger partial charge in [-0.25, -0.2) is 9.59 Å². The number of urea groups is 1. The quantitative estimate of drug-likeness (QED) is 0.371. The maximum atomic E-state index is 12.8. The number of nitrogens with one attached hydrogen (secondary N) is 1. The Kier molecular flexibility index (Phi) is 6.83. The van der Waals surface area contributed by atoms with Gasteiger partial charge in [-0.3, -0.25) is 9.69 Å². The predicted octanol–water partition coefficient (Wildman–Crippen LogP) is 2.47. The largest absolute Gasteiger partial charge is 0.491 e. The number of aromatic nitrogens is 1. The number of rotatable bonds is 9. The van der Waals surface area contributed by atoms with Gasteiger partial charge in [0, 0.05) is 23.1 Å². The number of esters is 1. The fourth-order valence-corrected chi connectivity index (χ4v) is 4.08.